The molecule has 15 heavy (non-hydrogen) atoms. The second-order valence-electron chi connectivity index (χ2n) is 2.97. The summed E-state index contributed by atoms with van der Waals surface area (Å²) < 4.78 is 0. The molecule has 0 aliphatic rings. The molecular formula is C11H9ClO3. The van der Waals surface area contributed by atoms with Crippen LogP contribution in [0.5, 0.6) is 0 Å². The van der Waals surface area contributed by atoms with E-state index >= 15 is 0 Å². The Labute approximate surface area is 92.0 Å². The third-order valence-electron chi connectivity index (χ3n) is 1.77. The second-order valence-corrected chi connectivity index (χ2v) is 3.41. The summed E-state index contributed by atoms with van der Waals surface area (Å²) in [5.41, 5.74) is 0.340. The first-order valence-electron chi connectivity index (χ1n) is 4.22. The fraction of sp³-hybridized carbons (Fsp3) is 0.0909. The number of carboxylic acid groups (broad SMARTS) is 1. The van der Waals surface area contributed by atoms with E-state index in [9.17, 15) is 9.59 Å². The van der Waals surface area contributed by atoms with E-state index in [-0.39, 0.29) is 5.57 Å². The van der Waals surface area contributed by atoms with E-state index in [1.165, 1.54) is 13.0 Å². The van der Waals surface area contributed by atoms with E-state index in [4.69, 9.17) is 16.7 Å². The minimum atomic E-state index is -1.23. The second kappa shape index (κ2) is 4.75. The van der Waals surface area contributed by atoms with Crippen molar-refractivity contribution in [1.82, 2.24) is 0 Å². The predicted molar refractivity (Wildman–Crippen MR) is 57.7 cm³/mol. The SMILES string of the molecule is CC(=O)/C(=C\c1cccc(Cl)c1)C(=O)O. The zero-order valence-corrected chi connectivity index (χ0v) is 8.78. The zero-order chi connectivity index (χ0) is 11.4. The van der Waals surface area contributed by atoms with Gasteiger partial charge in [0.05, 0.1) is 0 Å². The average Bonchev–Trinajstić information content (AvgIpc) is 2.13. The number of ketones is 1. The molecule has 0 bridgehead atoms. The van der Waals surface area contributed by atoms with Gasteiger partial charge in [-0.3, -0.25) is 4.79 Å². The van der Waals surface area contributed by atoms with Gasteiger partial charge < -0.3 is 5.11 Å². The van der Waals surface area contributed by atoms with Crippen LogP contribution in [-0.4, -0.2) is 16.9 Å². The molecule has 0 spiro atoms. The molecule has 1 aromatic carbocycles. The molecule has 0 aliphatic carbocycles. The van der Waals surface area contributed by atoms with E-state index in [1.54, 1.807) is 24.3 Å². The molecule has 1 N–H and O–H groups in total. The summed E-state index contributed by atoms with van der Waals surface area (Å²) in [6.45, 7) is 1.21. The molecule has 1 aromatic rings. The highest BCUT2D eigenvalue weighted by Crippen LogP contribution is 2.14. The number of Topliss-reactive ketones (excluding diaryl/α,β-unsaturated/α-hetero) is 1. The minimum Gasteiger partial charge on any atom is -0.478 e. The monoisotopic (exact) mass is 224 g/mol. The van der Waals surface area contributed by atoms with Crippen molar-refractivity contribution >= 4 is 29.4 Å². The third-order valence-corrected chi connectivity index (χ3v) is 2.00. The third kappa shape index (κ3) is 3.22. The fourth-order valence-electron chi connectivity index (χ4n) is 1.08. The molecule has 0 aliphatic heterocycles. The van der Waals surface area contributed by atoms with Gasteiger partial charge in [0.1, 0.15) is 5.57 Å². The van der Waals surface area contributed by atoms with Gasteiger partial charge in [-0.15, -0.1) is 0 Å². The average molecular weight is 225 g/mol. The van der Waals surface area contributed by atoms with E-state index in [0.717, 1.165) is 0 Å². The number of carbonyl (C=O) groups excluding carboxylic acids is 1. The Bertz CT molecular complexity index is 419. The Balaban J connectivity index is 3.13. The number of carboxylic acids is 1. The van der Waals surface area contributed by atoms with Gasteiger partial charge in [-0.25, -0.2) is 4.79 Å². The van der Waals surface area contributed by atoms with Gasteiger partial charge in [0, 0.05) is 5.02 Å². The van der Waals surface area contributed by atoms with Crippen LogP contribution < -0.4 is 0 Å². The number of halogens is 1. The van der Waals surface area contributed by atoms with Gasteiger partial charge in [-0.05, 0) is 30.7 Å². The molecular weight excluding hydrogens is 216 g/mol. The largest absolute Gasteiger partial charge is 0.478 e. The van der Waals surface area contributed by atoms with Crippen molar-refractivity contribution in [3.05, 3.63) is 40.4 Å². The van der Waals surface area contributed by atoms with E-state index < -0.39 is 11.8 Å². The van der Waals surface area contributed by atoms with Crippen molar-refractivity contribution in [2.45, 2.75) is 6.92 Å². The molecule has 0 amide bonds. The summed E-state index contributed by atoms with van der Waals surface area (Å²) >= 11 is 5.73. The number of hydrogen-bond acceptors (Lipinski definition) is 2. The van der Waals surface area contributed by atoms with Gasteiger partial charge in [0.15, 0.2) is 5.78 Å². The van der Waals surface area contributed by atoms with E-state index in [0.29, 0.717) is 10.6 Å². The standard InChI is InChI=1S/C11H9ClO3/c1-7(13)10(11(14)15)6-8-3-2-4-9(12)5-8/h2-6H,1H3,(H,14,15)/b10-6+. The Morgan fingerprint density at radius 2 is 2.07 bits per heavy atom. The summed E-state index contributed by atoms with van der Waals surface area (Å²) in [5.74, 6) is -1.72. The normalized spacial score (nSPS) is 11.2. The number of carbonyl (C=O) groups is 2. The predicted octanol–water partition coefficient (Wildman–Crippen LogP) is 2.40. The van der Waals surface area contributed by atoms with Crippen LogP contribution >= 0.6 is 11.6 Å². The van der Waals surface area contributed by atoms with Gasteiger partial charge in [0.25, 0.3) is 0 Å². The molecule has 0 heterocycles. The van der Waals surface area contributed by atoms with Gasteiger partial charge in [-0.2, -0.15) is 0 Å². The van der Waals surface area contributed by atoms with Crippen LogP contribution in [0.25, 0.3) is 6.08 Å². The molecule has 0 radical (unpaired) electrons. The van der Waals surface area contributed by atoms with E-state index in [1.807, 2.05) is 0 Å². The summed E-state index contributed by atoms with van der Waals surface area (Å²) in [4.78, 5) is 21.7. The molecule has 3 nitrogen and oxygen atoms in total. The molecule has 0 atom stereocenters. The van der Waals surface area contributed by atoms with Crippen molar-refractivity contribution in [2.75, 3.05) is 0 Å². The van der Waals surface area contributed by atoms with Crippen molar-refractivity contribution in [3.8, 4) is 0 Å². The first-order valence-corrected chi connectivity index (χ1v) is 4.60. The lowest BCUT2D eigenvalue weighted by atomic mass is 10.1. The van der Waals surface area contributed by atoms with Gasteiger partial charge in [-0.1, -0.05) is 23.7 Å². The molecule has 0 aromatic heterocycles. The maximum absolute atomic E-state index is 11.0. The van der Waals surface area contributed by atoms with Crippen LogP contribution in [0.3, 0.4) is 0 Å². The number of benzene rings is 1. The van der Waals surface area contributed by atoms with Crippen LogP contribution in [0.2, 0.25) is 5.02 Å². The van der Waals surface area contributed by atoms with E-state index in [2.05, 4.69) is 0 Å². The lowest BCUT2D eigenvalue weighted by Crippen LogP contribution is -2.08. The molecule has 1 rings (SSSR count). The fourth-order valence-corrected chi connectivity index (χ4v) is 1.28. The Hall–Kier alpha value is -1.61. The Morgan fingerprint density at radius 1 is 1.40 bits per heavy atom. The van der Waals surface area contributed by atoms with Crippen LogP contribution in [0.15, 0.2) is 29.8 Å². The topological polar surface area (TPSA) is 54.4 Å². The molecule has 0 saturated carbocycles. The molecule has 0 unspecified atom stereocenters. The van der Waals surface area contributed by atoms with Gasteiger partial charge >= 0.3 is 5.97 Å². The van der Waals surface area contributed by atoms with Crippen LogP contribution in [0, 0.1) is 0 Å². The summed E-state index contributed by atoms with van der Waals surface area (Å²) in [5, 5.41) is 9.25. The lowest BCUT2D eigenvalue weighted by molar-refractivity contribution is -0.134. The quantitative estimate of drug-likeness (QED) is 0.487. The van der Waals surface area contributed by atoms with Crippen LogP contribution in [0.4, 0.5) is 0 Å². The highest BCUT2D eigenvalue weighted by atomic mass is 35.5. The molecule has 4 heteroatoms. The maximum Gasteiger partial charge on any atom is 0.339 e. The first-order chi connectivity index (χ1) is 7.00. The summed E-state index contributed by atoms with van der Waals surface area (Å²) in [7, 11) is 0. The zero-order valence-electron chi connectivity index (χ0n) is 8.03. The minimum absolute atomic E-state index is 0.253. The highest BCUT2D eigenvalue weighted by Gasteiger charge is 2.12. The Morgan fingerprint density at radius 3 is 2.53 bits per heavy atom. The maximum atomic E-state index is 11.0. The molecule has 0 saturated heterocycles. The van der Waals surface area contributed by atoms with Gasteiger partial charge in [0.2, 0.25) is 0 Å². The van der Waals surface area contributed by atoms with Crippen LogP contribution in [0.1, 0.15) is 12.5 Å². The summed E-state index contributed by atoms with van der Waals surface area (Å²) in [6, 6.07) is 6.63. The molecule has 0 fully saturated rings. The van der Waals surface area contributed by atoms with Crippen molar-refractivity contribution < 1.29 is 14.7 Å². The molecule has 78 valence electrons. The first kappa shape index (κ1) is 11.5. The highest BCUT2D eigenvalue weighted by molar-refractivity contribution is 6.30. The Kier molecular flexibility index (Phi) is 3.63. The summed E-state index contributed by atoms with van der Waals surface area (Å²) in [6.07, 6.45) is 1.30. The van der Waals surface area contributed by atoms with Crippen LogP contribution in [-0.2, 0) is 9.59 Å². The number of aliphatic carboxylic acids is 1. The smallest absolute Gasteiger partial charge is 0.339 e. The van der Waals surface area contributed by atoms with Crippen molar-refractivity contribution in [1.29, 1.82) is 0 Å². The lowest BCUT2D eigenvalue weighted by Gasteiger charge is -1.98. The number of rotatable bonds is 3. The van der Waals surface area contributed by atoms with Crippen molar-refractivity contribution in [2.24, 2.45) is 0 Å². The number of hydrogen-bond donors (Lipinski definition) is 1. The van der Waals surface area contributed by atoms with Crippen molar-refractivity contribution in [3.63, 3.8) is 0 Å².